The standard InChI is InChI=1S/C40H32O/c1-5-15-26(16-6-1)38(27-17-7-2-8-18-27)34-30-25-31(35(34)38)37-36(30)39(28-19-9-3-10-20-28)32-23-13-14-24-33(32)40(37,41-39)29-21-11-4-12-22-29/h1-24,30-31,34-37H,25H2/t30-,31+,34-,35+,36-,37+,39+,40-. The maximum absolute atomic E-state index is 7.79. The Morgan fingerprint density at radius 3 is 1.12 bits per heavy atom. The molecule has 4 bridgehead atoms. The fourth-order valence-corrected chi connectivity index (χ4v) is 11.2. The van der Waals surface area contributed by atoms with Crippen LogP contribution in [-0.2, 0) is 21.4 Å². The van der Waals surface area contributed by atoms with Gasteiger partial charge in [-0.1, -0.05) is 146 Å². The lowest BCUT2D eigenvalue weighted by Gasteiger charge is -2.43. The fraction of sp³-hybridized carbons (Fsp3) is 0.250. The summed E-state index contributed by atoms with van der Waals surface area (Å²) in [4.78, 5) is 0. The molecule has 2 heterocycles. The predicted molar refractivity (Wildman–Crippen MR) is 161 cm³/mol. The van der Waals surface area contributed by atoms with Crippen molar-refractivity contribution in [2.45, 2.75) is 23.0 Å². The zero-order valence-corrected chi connectivity index (χ0v) is 22.9. The normalized spacial score (nSPS) is 36.0. The van der Waals surface area contributed by atoms with Gasteiger partial charge in [-0.05, 0) is 63.5 Å². The van der Waals surface area contributed by atoms with Crippen LogP contribution in [0.3, 0.4) is 0 Å². The van der Waals surface area contributed by atoms with Gasteiger partial charge >= 0.3 is 0 Å². The van der Waals surface area contributed by atoms with E-state index >= 15 is 0 Å². The summed E-state index contributed by atoms with van der Waals surface area (Å²) in [5, 5.41) is 0. The van der Waals surface area contributed by atoms with Crippen LogP contribution < -0.4 is 0 Å². The van der Waals surface area contributed by atoms with Gasteiger partial charge in [-0.3, -0.25) is 0 Å². The Balaban J connectivity index is 1.25. The highest BCUT2D eigenvalue weighted by Crippen LogP contribution is 2.88. The van der Waals surface area contributed by atoms with Gasteiger partial charge in [0.2, 0.25) is 0 Å². The number of benzene rings is 5. The molecular weight excluding hydrogens is 496 g/mol. The molecule has 198 valence electrons. The zero-order chi connectivity index (χ0) is 26.8. The molecule has 0 amide bonds. The highest BCUT2D eigenvalue weighted by Gasteiger charge is 2.87. The van der Waals surface area contributed by atoms with Crippen LogP contribution in [0.15, 0.2) is 146 Å². The van der Waals surface area contributed by atoms with Crippen molar-refractivity contribution in [1.82, 2.24) is 0 Å². The van der Waals surface area contributed by atoms with E-state index in [9.17, 15) is 0 Å². The first-order chi connectivity index (χ1) is 20.3. The van der Waals surface area contributed by atoms with Crippen LogP contribution >= 0.6 is 0 Å². The van der Waals surface area contributed by atoms with Crippen LogP contribution in [0.4, 0.5) is 0 Å². The van der Waals surface area contributed by atoms with Gasteiger partial charge in [0.1, 0.15) is 11.2 Å². The second kappa shape index (κ2) is 7.66. The first-order valence-corrected chi connectivity index (χ1v) is 15.3. The van der Waals surface area contributed by atoms with E-state index in [4.69, 9.17) is 4.74 Å². The van der Waals surface area contributed by atoms with Crippen molar-refractivity contribution in [3.63, 3.8) is 0 Å². The topological polar surface area (TPSA) is 9.23 Å². The average Bonchev–Trinajstić information content (AvgIpc) is 3.38. The number of rotatable bonds is 4. The summed E-state index contributed by atoms with van der Waals surface area (Å²) in [5.74, 6) is 3.38. The second-order valence-corrected chi connectivity index (χ2v) is 13.1. The Morgan fingerprint density at radius 2 is 0.732 bits per heavy atom. The predicted octanol–water partition coefficient (Wildman–Crippen LogP) is 8.33. The molecule has 3 saturated carbocycles. The monoisotopic (exact) mass is 528 g/mol. The van der Waals surface area contributed by atoms with Gasteiger partial charge in [0.05, 0.1) is 0 Å². The molecule has 1 saturated heterocycles. The van der Waals surface area contributed by atoms with Crippen molar-refractivity contribution in [2.75, 3.05) is 0 Å². The van der Waals surface area contributed by atoms with E-state index in [0.717, 1.165) is 0 Å². The van der Waals surface area contributed by atoms with E-state index in [1.165, 1.54) is 39.8 Å². The van der Waals surface area contributed by atoms with E-state index in [1.807, 2.05) is 0 Å². The van der Waals surface area contributed by atoms with Crippen LogP contribution in [0.2, 0.25) is 0 Å². The summed E-state index contributed by atoms with van der Waals surface area (Å²) in [6, 6.07) is 54.6. The number of hydrogen-bond acceptors (Lipinski definition) is 1. The molecule has 8 atom stereocenters. The van der Waals surface area contributed by atoms with Crippen LogP contribution in [0.25, 0.3) is 0 Å². The minimum atomic E-state index is -0.426. The highest BCUT2D eigenvalue weighted by molar-refractivity contribution is 5.62. The van der Waals surface area contributed by atoms with Crippen LogP contribution in [0.1, 0.15) is 39.8 Å². The lowest BCUT2D eigenvalue weighted by molar-refractivity contribution is -0.0703. The van der Waals surface area contributed by atoms with Gasteiger partial charge in [-0.25, -0.2) is 0 Å². The smallest absolute Gasteiger partial charge is 0.124 e. The molecule has 0 unspecified atom stereocenters. The van der Waals surface area contributed by atoms with Crippen molar-refractivity contribution in [1.29, 1.82) is 0 Å². The third-order valence-electron chi connectivity index (χ3n) is 12.0. The van der Waals surface area contributed by atoms with E-state index in [-0.39, 0.29) is 5.41 Å². The lowest BCUT2D eigenvalue weighted by atomic mass is 9.56. The van der Waals surface area contributed by atoms with Crippen molar-refractivity contribution in [3.8, 4) is 0 Å². The fourth-order valence-electron chi connectivity index (χ4n) is 11.2. The summed E-state index contributed by atoms with van der Waals surface area (Å²) in [6.07, 6.45) is 1.31. The molecule has 0 aromatic heterocycles. The zero-order valence-electron chi connectivity index (χ0n) is 22.9. The Kier molecular flexibility index (Phi) is 4.24. The Labute approximate surface area is 241 Å². The molecule has 2 aliphatic heterocycles. The van der Waals surface area contributed by atoms with Gasteiger partial charge in [0, 0.05) is 17.3 Å². The molecule has 5 aliphatic rings. The first-order valence-electron chi connectivity index (χ1n) is 15.3. The lowest BCUT2D eigenvalue weighted by Crippen LogP contribution is -2.44. The molecular formula is C40H32O. The molecule has 0 N–H and O–H groups in total. The van der Waals surface area contributed by atoms with Crippen molar-refractivity contribution < 1.29 is 4.74 Å². The number of ether oxygens (including phenoxy) is 1. The van der Waals surface area contributed by atoms with Crippen molar-refractivity contribution in [3.05, 3.63) is 179 Å². The summed E-state index contributed by atoms with van der Waals surface area (Å²) in [7, 11) is 0. The maximum atomic E-state index is 7.79. The number of hydrogen-bond donors (Lipinski definition) is 0. The molecule has 41 heavy (non-hydrogen) atoms. The van der Waals surface area contributed by atoms with Gasteiger partial charge in [-0.2, -0.15) is 0 Å². The summed E-state index contributed by atoms with van der Waals surface area (Å²) in [5.41, 5.74) is 7.68. The van der Waals surface area contributed by atoms with Crippen LogP contribution in [0.5, 0.6) is 0 Å². The van der Waals surface area contributed by atoms with Gasteiger partial charge in [-0.15, -0.1) is 0 Å². The van der Waals surface area contributed by atoms with Gasteiger partial charge < -0.3 is 4.74 Å². The summed E-state index contributed by atoms with van der Waals surface area (Å²) < 4.78 is 7.79. The maximum Gasteiger partial charge on any atom is 0.124 e. The molecule has 10 rings (SSSR count). The Morgan fingerprint density at radius 1 is 0.390 bits per heavy atom. The first kappa shape index (κ1) is 22.7. The van der Waals surface area contributed by atoms with E-state index in [0.29, 0.717) is 35.5 Å². The largest absolute Gasteiger partial charge is 0.349 e. The minimum Gasteiger partial charge on any atom is -0.349 e. The third-order valence-corrected chi connectivity index (χ3v) is 12.0. The Hall–Kier alpha value is -3.94. The summed E-state index contributed by atoms with van der Waals surface area (Å²) >= 11 is 0. The van der Waals surface area contributed by atoms with E-state index < -0.39 is 11.2 Å². The third kappa shape index (κ3) is 2.44. The highest BCUT2D eigenvalue weighted by atomic mass is 16.5. The van der Waals surface area contributed by atoms with E-state index in [1.54, 1.807) is 0 Å². The van der Waals surface area contributed by atoms with Crippen molar-refractivity contribution >= 4 is 0 Å². The minimum absolute atomic E-state index is 0.0851. The Bertz CT molecular complexity index is 1650. The summed E-state index contributed by atoms with van der Waals surface area (Å²) in [6.45, 7) is 0. The molecule has 4 fully saturated rings. The van der Waals surface area contributed by atoms with Crippen LogP contribution in [-0.4, -0.2) is 0 Å². The SMILES string of the molecule is c1ccc(C2(c3ccccc3)[C@@H]3[C@H]4C[C@@H]([C@@H]32)[C@H]2[C@@H]4[C@@]3(c4ccccc4)O[C@]2(c2ccccc2)c2ccccc23)cc1. The molecule has 5 aromatic rings. The van der Waals surface area contributed by atoms with Gasteiger partial charge in [0.25, 0.3) is 0 Å². The molecule has 0 radical (unpaired) electrons. The quantitative estimate of drug-likeness (QED) is 0.228. The molecule has 1 nitrogen and oxygen atoms in total. The molecule has 1 heteroatoms. The molecule has 5 aromatic carbocycles. The molecule has 3 aliphatic carbocycles. The second-order valence-electron chi connectivity index (χ2n) is 13.1. The van der Waals surface area contributed by atoms with E-state index in [2.05, 4.69) is 146 Å². The van der Waals surface area contributed by atoms with Crippen LogP contribution in [0, 0.1) is 35.5 Å². The van der Waals surface area contributed by atoms with Crippen molar-refractivity contribution in [2.24, 2.45) is 35.5 Å². The van der Waals surface area contributed by atoms with Gasteiger partial charge in [0.15, 0.2) is 0 Å². The average molecular weight is 529 g/mol. The number of fused-ring (bicyclic) bond motifs is 15. The molecule has 0 spiro atoms.